The number of nitro benzene ring substituents is 1. The molecule has 0 radical (unpaired) electrons. The number of carbonyl (C=O) groups excluding carboxylic acids is 1. The first-order valence-corrected chi connectivity index (χ1v) is 11.3. The molecule has 9 heteroatoms. The zero-order chi connectivity index (χ0) is 23.2. The van der Waals surface area contributed by atoms with Crippen molar-refractivity contribution >= 4 is 22.7 Å². The zero-order valence-electron chi connectivity index (χ0n) is 18.4. The number of nitrogens with zero attached hydrogens (tertiary/aromatic N) is 3. The Morgan fingerprint density at radius 3 is 2.79 bits per heavy atom. The molecule has 3 aromatic rings. The Hall–Kier alpha value is -3.46. The number of carbonyl (C=O) groups is 1. The molecule has 0 bridgehead atoms. The number of rotatable bonds is 9. The molecule has 1 unspecified atom stereocenters. The molecule has 2 aromatic carbocycles. The number of amides is 1. The summed E-state index contributed by atoms with van der Waals surface area (Å²) in [7, 11) is 0. The second kappa shape index (κ2) is 10.4. The van der Waals surface area contributed by atoms with Crippen LogP contribution in [-0.2, 0) is 17.9 Å². The van der Waals surface area contributed by atoms with Gasteiger partial charge in [-0.15, -0.1) is 0 Å². The number of non-ortho nitro benzene ring substituents is 1. The second-order valence-corrected chi connectivity index (χ2v) is 8.44. The SMILES string of the molecule is O=C(CCCn1c(=O)oc2cc([N+](=O)[O-])ccc21)NCC1CCCCN1Cc1ccccc1. The molecule has 1 saturated heterocycles. The average molecular weight is 453 g/mol. The number of hydrogen-bond donors (Lipinski definition) is 1. The van der Waals surface area contributed by atoms with Crippen molar-refractivity contribution in [3.8, 4) is 0 Å². The number of likely N-dealkylation sites (tertiary alicyclic amines) is 1. The maximum absolute atomic E-state index is 12.4. The molecule has 0 spiro atoms. The largest absolute Gasteiger partial charge is 0.419 e. The standard InChI is InChI=1S/C24H28N4O5/c29-23(25-16-20-9-4-5-13-26(20)17-18-7-2-1-3-8-18)10-6-14-27-21-12-11-19(28(31)32)15-22(21)33-24(27)30/h1-3,7-8,11-12,15,20H,4-6,9-10,13-14,16-17H2,(H,25,29). The van der Waals surface area contributed by atoms with E-state index >= 15 is 0 Å². The Balaban J connectivity index is 1.27. The third-order valence-electron chi connectivity index (χ3n) is 6.16. The van der Waals surface area contributed by atoms with Crippen molar-refractivity contribution in [1.82, 2.24) is 14.8 Å². The summed E-state index contributed by atoms with van der Waals surface area (Å²) in [4.78, 5) is 37.4. The van der Waals surface area contributed by atoms with Crippen LogP contribution in [0.15, 0.2) is 57.7 Å². The molecule has 2 heterocycles. The van der Waals surface area contributed by atoms with Gasteiger partial charge in [0, 0.05) is 38.2 Å². The van der Waals surface area contributed by atoms with E-state index in [-0.39, 0.29) is 23.6 Å². The summed E-state index contributed by atoms with van der Waals surface area (Å²) in [6, 6.07) is 14.8. The van der Waals surface area contributed by atoms with Crippen LogP contribution in [0.5, 0.6) is 0 Å². The Kier molecular flexibility index (Phi) is 7.19. The van der Waals surface area contributed by atoms with Crippen LogP contribution in [0.2, 0.25) is 0 Å². The number of fused-ring (bicyclic) bond motifs is 1. The van der Waals surface area contributed by atoms with E-state index in [0.717, 1.165) is 19.5 Å². The van der Waals surface area contributed by atoms with Gasteiger partial charge in [-0.25, -0.2) is 4.79 Å². The van der Waals surface area contributed by atoms with Crippen LogP contribution in [0.3, 0.4) is 0 Å². The monoisotopic (exact) mass is 452 g/mol. The highest BCUT2D eigenvalue weighted by Crippen LogP contribution is 2.21. The number of piperidine rings is 1. The summed E-state index contributed by atoms with van der Waals surface area (Å²) >= 11 is 0. The Labute approximate surface area is 191 Å². The molecule has 1 fully saturated rings. The normalized spacial score (nSPS) is 16.7. The highest BCUT2D eigenvalue weighted by Gasteiger charge is 2.23. The fourth-order valence-electron chi connectivity index (χ4n) is 4.42. The Morgan fingerprint density at radius 1 is 1.18 bits per heavy atom. The van der Waals surface area contributed by atoms with Crippen LogP contribution >= 0.6 is 0 Å². The van der Waals surface area contributed by atoms with Gasteiger partial charge in [-0.2, -0.15) is 0 Å². The molecular formula is C24H28N4O5. The molecule has 0 aliphatic carbocycles. The van der Waals surface area contributed by atoms with Crippen molar-refractivity contribution in [2.75, 3.05) is 13.1 Å². The predicted octanol–water partition coefficient (Wildman–Crippen LogP) is 3.45. The highest BCUT2D eigenvalue weighted by atomic mass is 16.6. The van der Waals surface area contributed by atoms with Gasteiger partial charge in [0.05, 0.1) is 16.5 Å². The minimum absolute atomic E-state index is 0.0447. The van der Waals surface area contributed by atoms with E-state index in [4.69, 9.17) is 4.42 Å². The van der Waals surface area contributed by atoms with E-state index in [0.29, 0.717) is 31.1 Å². The Bertz CT molecular complexity index is 1170. The van der Waals surface area contributed by atoms with Gasteiger partial charge in [0.15, 0.2) is 5.58 Å². The van der Waals surface area contributed by atoms with Gasteiger partial charge < -0.3 is 9.73 Å². The fourth-order valence-corrected chi connectivity index (χ4v) is 4.42. The number of nitro groups is 1. The lowest BCUT2D eigenvalue weighted by atomic mass is 10.0. The van der Waals surface area contributed by atoms with E-state index in [1.54, 1.807) is 0 Å². The van der Waals surface area contributed by atoms with E-state index in [1.807, 2.05) is 18.2 Å². The number of aromatic nitrogens is 1. The molecule has 1 aliphatic rings. The van der Waals surface area contributed by atoms with Crippen LogP contribution < -0.4 is 11.1 Å². The van der Waals surface area contributed by atoms with E-state index in [2.05, 4.69) is 22.3 Å². The minimum atomic E-state index is -0.579. The molecule has 33 heavy (non-hydrogen) atoms. The predicted molar refractivity (Wildman–Crippen MR) is 124 cm³/mol. The lowest BCUT2D eigenvalue weighted by Gasteiger charge is -2.36. The summed E-state index contributed by atoms with van der Waals surface area (Å²) in [6.45, 7) is 2.84. The van der Waals surface area contributed by atoms with Gasteiger partial charge in [0.1, 0.15) is 0 Å². The van der Waals surface area contributed by atoms with Crippen molar-refractivity contribution in [2.24, 2.45) is 0 Å². The van der Waals surface area contributed by atoms with Crippen molar-refractivity contribution in [2.45, 2.75) is 51.2 Å². The molecule has 1 aromatic heterocycles. The number of hydrogen-bond acceptors (Lipinski definition) is 6. The minimum Gasteiger partial charge on any atom is -0.407 e. The highest BCUT2D eigenvalue weighted by molar-refractivity contribution is 5.76. The molecule has 0 saturated carbocycles. The van der Waals surface area contributed by atoms with Gasteiger partial charge >= 0.3 is 5.76 Å². The summed E-state index contributed by atoms with van der Waals surface area (Å²) in [6.07, 6.45) is 4.16. The van der Waals surface area contributed by atoms with Gasteiger partial charge in [0.25, 0.3) is 5.69 Å². The van der Waals surface area contributed by atoms with Gasteiger partial charge in [-0.05, 0) is 37.4 Å². The van der Waals surface area contributed by atoms with E-state index < -0.39 is 10.7 Å². The first-order valence-electron chi connectivity index (χ1n) is 11.3. The molecule has 1 atom stereocenters. The van der Waals surface area contributed by atoms with Crippen molar-refractivity contribution in [3.63, 3.8) is 0 Å². The second-order valence-electron chi connectivity index (χ2n) is 8.44. The molecule has 4 rings (SSSR count). The van der Waals surface area contributed by atoms with Crippen molar-refractivity contribution in [1.29, 1.82) is 0 Å². The zero-order valence-corrected chi connectivity index (χ0v) is 18.4. The lowest BCUT2D eigenvalue weighted by Crippen LogP contribution is -2.46. The van der Waals surface area contributed by atoms with Crippen molar-refractivity contribution in [3.05, 3.63) is 74.8 Å². The van der Waals surface area contributed by atoms with Crippen LogP contribution in [0.1, 0.15) is 37.7 Å². The average Bonchev–Trinajstić information content (AvgIpc) is 3.13. The Morgan fingerprint density at radius 2 is 2.00 bits per heavy atom. The number of oxazole rings is 1. The smallest absolute Gasteiger partial charge is 0.407 e. The maximum Gasteiger partial charge on any atom is 0.419 e. The molecule has 9 nitrogen and oxygen atoms in total. The molecule has 1 amide bonds. The summed E-state index contributed by atoms with van der Waals surface area (Å²) in [5, 5.41) is 14.0. The van der Waals surface area contributed by atoms with Crippen LogP contribution in [0, 0.1) is 10.1 Å². The summed E-state index contributed by atoms with van der Waals surface area (Å²) < 4.78 is 6.54. The van der Waals surface area contributed by atoms with Gasteiger partial charge in [0.2, 0.25) is 5.91 Å². The van der Waals surface area contributed by atoms with Crippen LogP contribution in [0.4, 0.5) is 5.69 Å². The van der Waals surface area contributed by atoms with E-state index in [9.17, 15) is 19.7 Å². The first kappa shape index (κ1) is 22.7. The third kappa shape index (κ3) is 5.67. The quantitative estimate of drug-likeness (QED) is 0.393. The summed E-state index contributed by atoms with van der Waals surface area (Å²) in [5.41, 5.74) is 1.81. The maximum atomic E-state index is 12.4. The molecule has 1 N–H and O–H groups in total. The van der Waals surface area contributed by atoms with Crippen molar-refractivity contribution < 1.29 is 14.1 Å². The molecule has 174 valence electrons. The fraction of sp³-hybridized carbons (Fsp3) is 0.417. The number of benzene rings is 2. The number of aryl methyl sites for hydroxylation is 1. The van der Waals surface area contributed by atoms with E-state index in [1.165, 1.54) is 41.2 Å². The van der Waals surface area contributed by atoms with Crippen LogP contribution in [0.25, 0.3) is 11.1 Å². The number of nitrogens with one attached hydrogen (secondary N) is 1. The van der Waals surface area contributed by atoms with Crippen LogP contribution in [-0.4, -0.2) is 39.4 Å². The van der Waals surface area contributed by atoms with Gasteiger partial charge in [-0.1, -0.05) is 36.8 Å². The molecular weight excluding hydrogens is 424 g/mol. The molecule has 1 aliphatic heterocycles. The lowest BCUT2D eigenvalue weighted by molar-refractivity contribution is -0.384. The first-order chi connectivity index (χ1) is 16.0. The summed E-state index contributed by atoms with van der Waals surface area (Å²) in [5.74, 6) is -0.624. The topological polar surface area (TPSA) is 111 Å². The third-order valence-corrected chi connectivity index (χ3v) is 6.16. The van der Waals surface area contributed by atoms with Gasteiger partial charge in [-0.3, -0.25) is 24.4 Å².